The van der Waals surface area contributed by atoms with E-state index in [0.717, 1.165) is 17.0 Å². The topological polar surface area (TPSA) is 134 Å². The molecular weight excluding hydrogens is 521 g/mol. The highest BCUT2D eigenvalue weighted by Gasteiger charge is 2.37. The lowest BCUT2D eigenvalue weighted by Crippen LogP contribution is -2.43. The first-order valence-electron chi connectivity index (χ1n) is 12.1. The Labute approximate surface area is 220 Å². The number of hydrogen-bond donors (Lipinski definition) is 3. The number of halogens is 3. The summed E-state index contributed by atoms with van der Waals surface area (Å²) in [7, 11) is 0. The SMILES string of the molecule is CC(CCN1C(=O)c2ccc(CNC(=O)Nc3ccc(OC(F)(F)F)cc3)cc2C1=O)C1CCC(=O)NC1=O. The largest absolute Gasteiger partial charge is 0.573 e. The van der Waals surface area contributed by atoms with Crippen LogP contribution in [0.1, 0.15) is 52.5 Å². The van der Waals surface area contributed by atoms with Crippen molar-refractivity contribution in [3.05, 3.63) is 59.2 Å². The highest BCUT2D eigenvalue weighted by Crippen LogP contribution is 2.28. The van der Waals surface area contributed by atoms with Crippen LogP contribution in [0.2, 0.25) is 0 Å². The van der Waals surface area contributed by atoms with Crippen LogP contribution in [-0.2, 0) is 16.1 Å². The highest BCUT2D eigenvalue weighted by molar-refractivity contribution is 6.21. The number of piperidine rings is 1. The van der Waals surface area contributed by atoms with Crippen LogP contribution in [0, 0.1) is 11.8 Å². The van der Waals surface area contributed by atoms with Crippen molar-refractivity contribution in [2.24, 2.45) is 11.8 Å². The van der Waals surface area contributed by atoms with Gasteiger partial charge in [0.1, 0.15) is 5.75 Å². The molecule has 2 atom stereocenters. The number of carbonyl (C=O) groups excluding carboxylic acids is 5. The van der Waals surface area contributed by atoms with Crippen LogP contribution >= 0.6 is 0 Å². The first kappa shape index (κ1) is 27.6. The van der Waals surface area contributed by atoms with Crippen molar-refractivity contribution in [1.29, 1.82) is 0 Å². The molecule has 4 rings (SSSR count). The third-order valence-electron chi connectivity index (χ3n) is 6.61. The number of rotatable bonds is 8. The summed E-state index contributed by atoms with van der Waals surface area (Å²) in [5, 5.41) is 7.37. The number of anilines is 1. The fourth-order valence-electron chi connectivity index (χ4n) is 4.54. The number of fused-ring (bicyclic) bond motifs is 1. The van der Waals surface area contributed by atoms with E-state index in [-0.39, 0.29) is 60.0 Å². The number of amides is 6. The van der Waals surface area contributed by atoms with Gasteiger partial charge in [-0.1, -0.05) is 13.0 Å². The summed E-state index contributed by atoms with van der Waals surface area (Å²) >= 11 is 0. The van der Waals surface area contributed by atoms with E-state index >= 15 is 0 Å². The summed E-state index contributed by atoms with van der Waals surface area (Å²) in [6.07, 6.45) is -3.74. The number of alkyl halides is 3. The van der Waals surface area contributed by atoms with Crippen molar-refractivity contribution >= 4 is 35.3 Å². The van der Waals surface area contributed by atoms with Crippen LogP contribution in [0.5, 0.6) is 5.75 Å². The minimum Gasteiger partial charge on any atom is -0.406 e. The summed E-state index contributed by atoms with van der Waals surface area (Å²) < 4.78 is 40.6. The maximum absolute atomic E-state index is 12.9. The standard InChI is InChI=1S/C26H25F3N4O6/c1-14(18-8-9-21(34)32-22(18)35)10-11-33-23(36)19-7-2-15(12-20(19)24(33)37)13-30-25(38)31-16-3-5-17(6-4-16)39-26(27,28)29/h2-7,12,14,18H,8-11,13H2,1H3,(H2,30,31,38)(H,32,34,35). The molecule has 206 valence electrons. The van der Waals surface area contributed by atoms with Crippen LogP contribution in [0.3, 0.4) is 0 Å². The summed E-state index contributed by atoms with van der Waals surface area (Å²) in [6.45, 7) is 1.98. The number of nitrogens with zero attached hydrogens (tertiary/aromatic N) is 1. The van der Waals surface area contributed by atoms with Crippen molar-refractivity contribution in [2.45, 2.75) is 39.1 Å². The van der Waals surface area contributed by atoms with Gasteiger partial charge in [0.2, 0.25) is 11.8 Å². The Morgan fingerprint density at radius 3 is 2.44 bits per heavy atom. The predicted octanol–water partition coefficient (Wildman–Crippen LogP) is 3.58. The summed E-state index contributed by atoms with van der Waals surface area (Å²) in [5.74, 6) is -2.50. The summed E-state index contributed by atoms with van der Waals surface area (Å²) in [6, 6.07) is 8.60. The molecule has 1 fully saturated rings. The number of ether oxygens (including phenoxy) is 1. The molecule has 2 aliphatic rings. The molecule has 2 heterocycles. The second-order valence-electron chi connectivity index (χ2n) is 9.35. The molecule has 2 aliphatic heterocycles. The van der Waals surface area contributed by atoms with Gasteiger partial charge >= 0.3 is 12.4 Å². The fraction of sp³-hybridized carbons (Fsp3) is 0.346. The van der Waals surface area contributed by atoms with Crippen LogP contribution < -0.4 is 20.7 Å². The van der Waals surface area contributed by atoms with Gasteiger partial charge in [-0.05, 0) is 60.7 Å². The summed E-state index contributed by atoms with van der Waals surface area (Å²) in [5.41, 5.74) is 1.23. The first-order valence-corrected chi connectivity index (χ1v) is 12.1. The third kappa shape index (κ3) is 6.72. The normalized spacial score (nSPS) is 17.9. The lowest BCUT2D eigenvalue weighted by atomic mass is 9.84. The van der Waals surface area contributed by atoms with Crippen LogP contribution in [-0.4, -0.2) is 47.5 Å². The van der Waals surface area contributed by atoms with E-state index in [1.807, 2.05) is 6.92 Å². The average Bonchev–Trinajstić information content (AvgIpc) is 3.10. The zero-order chi connectivity index (χ0) is 28.3. The monoisotopic (exact) mass is 546 g/mol. The Kier molecular flexibility index (Phi) is 7.88. The van der Waals surface area contributed by atoms with Gasteiger partial charge in [-0.25, -0.2) is 4.79 Å². The molecule has 3 N–H and O–H groups in total. The Balaban J connectivity index is 1.30. The van der Waals surface area contributed by atoms with Gasteiger partial charge in [-0.2, -0.15) is 0 Å². The van der Waals surface area contributed by atoms with Gasteiger partial charge in [-0.3, -0.25) is 29.4 Å². The molecule has 0 aliphatic carbocycles. The minimum absolute atomic E-state index is 0.0163. The molecule has 1 saturated heterocycles. The van der Waals surface area contributed by atoms with E-state index in [9.17, 15) is 37.1 Å². The number of hydrogen-bond acceptors (Lipinski definition) is 6. The molecule has 0 spiro atoms. The van der Waals surface area contributed by atoms with Gasteiger partial charge in [-0.15, -0.1) is 13.2 Å². The lowest BCUT2D eigenvalue weighted by molar-refractivity contribution is -0.274. The Hall–Kier alpha value is -4.42. The predicted molar refractivity (Wildman–Crippen MR) is 130 cm³/mol. The van der Waals surface area contributed by atoms with E-state index in [0.29, 0.717) is 18.4 Å². The molecule has 10 nitrogen and oxygen atoms in total. The molecular formula is C26H25F3N4O6. The van der Waals surface area contributed by atoms with Crippen LogP contribution in [0.4, 0.5) is 23.7 Å². The molecule has 0 saturated carbocycles. The van der Waals surface area contributed by atoms with Crippen LogP contribution in [0.25, 0.3) is 0 Å². The zero-order valence-electron chi connectivity index (χ0n) is 20.8. The molecule has 13 heteroatoms. The van der Waals surface area contributed by atoms with Crippen molar-refractivity contribution in [2.75, 3.05) is 11.9 Å². The number of nitrogens with one attached hydrogen (secondary N) is 3. The highest BCUT2D eigenvalue weighted by atomic mass is 19.4. The quantitative estimate of drug-likeness (QED) is 0.434. The molecule has 0 bridgehead atoms. The molecule has 2 aromatic rings. The van der Waals surface area contributed by atoms with E-state index in [2.05, 4.69) is 20.7 Å². The Bertz CT molecular complexity index is 1310. The van der Waals surface area contributed by atoms with Gasteiger partial charge in [0.15, 0.2) is 0 Å². The van der Waals surface area contributed by atoms with Gasteiger partial charge < -0.3 is 15.4 Å². The first-order chi connectivity index (χ1) is 18.4. The number of urea groups is 1. The van der Waals surface area contributed by atoms with Crippen molar-refractivity contribution in [3.63, 3.8) is 0 Å². The molecule has 0 aromatic heterocycles. The fourth-order valence-corrected chi connectivity index (χ4v) is 4.54. The van der Waals surface area contributed by atoms with Gasteiger partial charge in [0.05, 0.1) is 11.1 Å². The van der Waals surface area contributed by atoms with Crippen molar-refractivity contribution in [3.8, 4) is 5.75 Å². The maximum atomic E-state index is 12.9. The Morgan fingerprint density at radius 1 is 1.08 bits per heavy atom. The smallest absolute Gasteiger partial charge is 0.406 e. The molecule has 6 amide bonds. The Morgan fingerprint density at radius 2 is 1.77 bits per heavy atom. The second-order valence-corrected chi connectivity index (χ2v) is 9.35. The van der Waals surface area contributed by atoms with Crippen LogP contribution in [0.15, 0.2) is 42.5 Å². The van der Waals surface area contributed by atoms with E-state index < -0.39 is 30.0 Å². The van der Waals surface area contributed by atoms with Gasteiger partial charge in [0, 0.05) is 31.1 Å². The van der Waals surface area contributed by atoms with E-state index in [1.165, 1.54) is 24.3 Å². The number of benzene rings is 2. The number of carbonyl (C=O) groups is 5. The molecule has 39 heavy (non-hydrogen) atoms. The maximum Gasteiger partial charge on any atom is 0.573 e. The summed E-state index contributed by atoms with van der Waals surface area (Å²) in [4.78, 5) is 62.6. The lowest BCUT2D eigenvalue weighted by Gasteiger charge is -2.27. The second kappa shape index (κ2) is 11.1. The van der Waals surface area contributed by atoms with E-state index in [1.54, 1.807) is 6.07 Å². The van der Waals surface area contributed by atoms with Gasteiger partial charge in [0.25, 0.3) is 11.8 Å². The zero-order valence-corrected chi connectivity index (χ0v) is 20.8. The average molecular weight is 547 g/mol. The number of imide groups is 2. The van der Waals surface area contributed by atoms with E-state index in [4.69, 9.17) is 0 Å². The minimum atomic E-state index is -4.82. The molecule has 2 unspecified atom stereocenters. The molecule has 0 radical (unpaired) electrons. The van der Waals surface area contributed by atoms with Crippen molar-refractivity contribution in [1.82, 2.24) is 15.5 Å². The third-order valence-corrected chi connectivity index (χ3v) is 6.61. The molecule has 2 aromatic carbocycles. The van der Waals surface area contributed by atoms with Crippen molar-refractivity contribution < 1.29 is 41.9 Å².